The molecule has 0 saturated heterocycles. The van der Waals surface area contributed by atoms with E-state index in [1.807, 2.05) is 31.2 Å². The van der Waals surface area contributed by atoms with E-state index in [9.17, 15) is 9.59 Å². The first-order valence-electron chi connectivity index (χ1n) is 7.97. The first kappa shape index (κ1) is 16.6. The number of benzene rings is 2. The number of aromatic nitrogens is 3. The van der Waals surface area contributed by atoms with Crippen molar-refractivity contribution >= 4 is 22.8 Å². The lowest BCUT2D eigenvalue weighted by atomic mass is 10.1. The van der Waals surface area contributed by atoms with Gasteiger partial charge in [0.05, 0.1) is 6.04 Å². The summed E-state index contributed by atoms with van der Waals surface area (Å²) in [5.41, 5.74) is 3.91. The Bertz CT molecular complexity index is 901. The number of fused-ring (bicyclic) bond motifs is 1. The summed E-state index contributed by atoms with van der Waals surface area (Å²) < 4.78 is 0. The molecule has 1 heterocycles. The van der Waals surface area contributed by atoms with Crippen LogP contribution in [0.5, 0.6) is 0 Å². The van der Waals surface area contributed by atoms with E-state index in [4.69, 9.17) is 0 Å². The largest absolute Gasteiger partial charge is 0.352 e. The molecular formula is C18H19N5O2. The third-order valence-corrected chi connectivity index (χ3v) is 3.95. The van der Waals surface area contributed by atoms with E-state index >= 15 is 0 Å². The molecule has 2 aromatic carbocycles. The van der Waals surface area contributed by atoms with E-state index < -0.39 is 0 Å². The minimum absolute atomic E-state index is 0.0613. The van der Waals surface area contributed by atoms with Gasteiger partial charge in [0.15, 0.2) is 0 Å². The van der Waals surface area contributed by atoms with Crippen LogP contribution in [0.15, 0.2) is 42.5 Å². The fourth-order valence-corrected chi connectivity index (χ4v) is 2.50. The second-order valence-electron chi connectivity index (χ2n) is 5.87. The zero-order valence-electron chi connectivity index (χ0n) is 14.0. The molecule has 0 bridgehead atoms. The number of hydrogen-bond acceptors (Lipinski definition) is 4. The van der Waals surface area contributed by atoms with Gasteiger partial charge >= 0.3 is 0 Å². The molecule has 1 unspecified atom stereocenters. The quantitative estimate of drug-likeness (QED) is 0.664. The van der Waals surface area contributed by atoms with Crippen molar-refractivity contribution in [3.05, 3.63) is 59.2 Å². The molecule has 7 nitrogen and oxygen atoms in total. The molecule has 3 aromatic rings. The van der Waals surface area contributed by atoms with Crippen LogP contribution < -0.4 is 10.6 Å². The first-order chi connectivity index (χ1) is 12.0. The number of hydrogen-bond donors (Lipinski definition) is 3. The van der Waals surface area contributed by atoms with Crippen LogP contribution in [-0.2, 0) is 11.3 Å². The van der Waals surface area contributed by atoms with Crippen LogP contribution in [0.25, 0.3) is 11.0 Å². The number of rotatable bonds is 5. The fraction of sp³-hybridized carbons (Fsp3) is 0.222. The highest BCUT2D eigenvalue weighted by molar-refractivity contribution is 5.97. The van der Waals surface area contributed by atoms with E-state index in [2.05, 4.69) is 26.0 Å². The lowest BCUT2D eigenvalue weighted by Crippen LogP contribution is -2.26. The van der Waals surface area contributed by atoms with E-state index in [0.717, 1.165) is 16.6 Å². The van der Waals surface area contributed by atoms with Gasteiger partial charge in [0.1, 0.15) is 11.0 Å². The summed E-state index contributed by atoms with van der Waals surface area (Å²) in [6.07, 6.45) is 0. The molecule has 0 spiro atoms. The highest BCUT2D eigenvalue weighted by Gasteiger charge is 2.12. The number of nitrogens with one attached hydrogen (secondary N) is 3. The van der Waals surface area contributed by atoms with E-state index in [1.54, 1.807) is 18.2 Å². The number of H-pyrrole nitrogens is 1. The Morgan fingerprint density at radius 3 is 2.52 bits per heavy atom. The summed E-state index contributed by atoms with van der Waals surface area (Å²) in [5, 5.41) is 16.2. The molecule has 1 atom stereocenters. The highest BCUT2D eigenvalue weighted by Crippen LogP contribution is 2.16. The standard InChI is InChI=1S/C18H19N5O2/c1-11(14-5-3-13(4-6-14)10-19-12(2)24)20-18(25)15-7-8-16-17(9-15)22-23-21-16/h3-9,11H,10H2,1-2H3,(H,19,24)(H,20,25)(H,21,22,23). The predicted octanol–water partition coefficient (Wildman–Crippen LogP) is 2.08. The summed E-state index contributed by atoms with van der Waals surface area (Å²) in [7, 11) is 0. The normalized spacial score (nSPS) is 11.9. The topological polar surface area (TPSA) is 99.8 Å². The van der Waals surface area contributed by atoms with Crippen molar-refractivity contribution in [1.29, 1.82) is 0 Å². The molecule has 0 aliphatic heterocycles. The fourth-order valence-electron chi connectivity index (χ4n) is 2.50. The molecule has 3 rings (SSSR count). The van der Waals surface area contributed by atoms with E-state index in [-0.39, 0.29) is 17.9 Å². The van der Waals surface area contributed by atoms with Crippen LogP contribution in [0.2, 0.25) is 0 Å². The van der Waals surface area contributed by atoms with Gasteiger partial charge in [-0.3, -0.25) is 9.59 Å². The van der Waals surface area contributed by atoms with Gasteiger partial charge in [-0.1, -0.05) is 24.3 Å². The minimum atomic E-state index is -0.167. The van der Waals surface area contributed by atoms with Crippen molar-refractivity contribution in [1.82, 2.24) is 26.0 Å². The van der Waals surface area contributed by atoms with Crippen LogP contribution in [0.4, 0.5) is 0 Å². The Hall–Kier alpha value is -3.22. The Morgan fingerprint density at radius 1 is 1.08 bits per heavy atom. The SMILES string of the molecule is CC(=O)NCc1ccc(C(C)NC(=O)c2ccc3n[nH]nc3c2)cc1. The molecule has 0 aliphatic carbocycles. The van der Waals surface area contributed by atoms with Crippen LogP contribution in [0, 0.1) is 0 Å². The lowest BCUT2D eigenvalue weighted by molar-refractivity contribution is -0.119. The predicted molar refractivity (Wildman–Crippen MR) is 93.7 cm³/mol. The molecule has 0 saturated carbocycles. The Kier molecular flexibility index (Phi) is 4.74. The number of aromatic amines is 1. The second kappa shape index (κ2) is 7.12. The molecule has 0 radical (unpaired) electrons. The first-order valence-corrected chi connectivity index (χ1v) is 7.97. The van der Waals surface area contributed by atoms with Crippen LogP contribution >= 0.6 is 0 Å². The second-order valence-corrected chi connectivity index (χ2v) is 5.87. The zero-order chi connectivity index (χ0) is 17.8. The Labute approximate surface area is 144 Å². The number of carbonyl (C=O) groups is 2. The van der Waals surface area contributed by atoms with E-state index in [1.165, 1.54) is 6.92 Å². The average Bonchev–Trinajstić information content (AvgIpc) is 3.08. The maximum atomic E-state index is 12.4. The van der Waals surface area contributed by atoms with Crippen molar-refractivity contribution in [2.45, 2.75) is 26.4 Å². The van der Waals surface area contributed by atoms with Gasteiger partial charge in [-0.15, -0.1) is 0 Å². The lowest BCUT2D eigenvalue weighted by Gasteiger charge is -2.15. The van der Waals surface area contributed by atoms with Crippen LogP contribution in [0.3, 0.4) is 0 Å². The van der Waals surface area contributed by atoms with Gasteiger partial charge in [0.2, 0.25) is 5.91 Å². The minimum Gasteiger partial charge on any atom is -0.352 e. The van der Waals surface area contributed by atoms with Gasteiger partial charge in [0, 0.05) is 19.0 Å². The van der Waals surface area contributed by atoms with Crippen molar-refractivity contribution in [3.63, 3.8) is 0 Å². The molecule has 3 N–H and O–H groups in total. The summed E-state index contributed by atoms with van der Waals surface area (Å²) in [5.74, 6) is -0.228. The van der Waals surface area contributed by atoms with Gasteiger partial charge < -0.3 is 10.6 Å². The summed E-state index contributed by atoms with van der Waals surface area (Å²) in [6.45, 7) is 3.91. The number of amides is 2. The molecule has 0 fully saturated rings. The third-order valence-electron chi connectivity index (χ3n) is 3.95. The summed E-state index contributed by atoms with van der Waals surface area (Å²) >= 11 is 0. The third kappa shape index (κ3) is 4.00. The molecule has 25 heavy (non-hydrogen) atoms. The molecule has 1 aromatic heterocycles. The maximum Gasteiger partial charge on any atom is 0.251 e. The Balaban J connectivity index is 1.65. The van der Waals surface area contributed by atoms with Crippen molar-refractivity contribution in [2.75, 3.05) is 0 Å². The van der Waals surface area contributed by atoms with Crippen molar-refractivity contribution < 1.29 is 9.59 Å². The van der Waals surface area contributed by atoms with Crippen molar-refractivity contribution in [3.8, 4) is 0 Å². The van der Waals surface area contributed by atoms with Crippen molar-refractivity contribution in [2.24, 2.45) is 0 Å². The van der Waals surface area contributed by atoms with Gasteiger partial charge in [-0.25, -0.2) is 0 Å². The van der Waals surface area contributed by atoms with Gasteiger partial charge in [0.25, 0.3) is 5.91 Å². The molecule has 0 aliphatic rings. The number of nitrogens with zero attached hydrogens (tertiary/aromatic N) is 2. The van der Waals surface area contributed by atoms with Gasteiger partial charge in [-0.05, 0) is 36.2 Å². The Morgan fingerprint density at radius 2 is 1.80 bits per heavy atom. The smallest absolute Gasteiger partial charge is 0.251 e. The molecule has 2 amide bonds. The van der Waals surface area contributed by atoms with E-state index in [0.29, 0.717) is 17.6 Å². The molecular weight excluding hydrogens is 318 g/mol. The van der Waals surface area contributed by atoms with Crippen LogP contribution in [-0.4, -0.2) is 27.2 Å². The monoisotopic (exact) mass is 337 g/mol. The zero-order valence-corrected chi connectivity index (χ0v) is 14.0. The highest BCUT2D eigenvalue weighted by atomic mass is 16.2. The summed E-state index contributed by atoms with van der Waals surface area (Å²) in [4.78, 5) is 23.4. The average molecular weight is 337 g/mol. The van der Waals surface area contributed by atoms with Crippen LogP contribution in [0.1, 0.15) is 41.4 Å². The molecule has 128 valence electrons. The molecule has 7 heteroatoms. The summed E-state index contributed by atoms with van der Waals surface area (Å²) in [6, 6.07) is 12.8. The maximum absolute atomic E-state index is 12.4. The van der Waals surface area contributed by atoms with Gasteiger partial charge in [-0.2, -0.15) is 15.4 Å². The number of carbonyl (C=O) groups excluding carboxylic acids is 2.